The fraction of sp³-hybridized carbons (Fsp3) is 0.188. The van der Waals surface area contributed by atoms with E-state index in [2.05, 4.69) is 0 Å². The maximum Gasteiger partial charge on any atom is 0.326 e. The number of nitrogens with zero attached hydrogens (tertiary/aromatic N) is 3. The lowest BCUT2D eigenvalue weighted by Crippen LogP contribution is -2.49. The number of thioether (sulfide) groups is 1. The minimum Gasteiger partial charge on any atom is -0.480 e. The van der Waals surface area contributed by atoms with E-state index in [1.807, 2.05) is 92.7 Å². The summed E-state index contributed by atoms with van der Waals surface area (Å²) in [5, 5.41) is 10.3. The predicted molar refractivity (Wildman–Crippen MR) is 163 cm³/mol. The number of carbonyl (C=O) groups excluding carboxylic acids is 1. The number of amides is 1. The zero-order valence-electron chi connectivity index (χ0n) is 22.5. The van der Waals surface area contributed by atoms with Crippen LogP contribution in [0.2, 0.25) is 0 Å². The average Bonchev–Trinajstić information content (AvgIpc) is 3.42. The first-order valence-corrected chi connectivity index (χ1v) is 15.0. The van der Waals surface area contributed by atoms with Crippen molar-refractivity contribution in [1.29, 1.82) is 0 Å². The number of benzene rings is 3. The van der Waals surface area contributed by atoms with E-state index in [0.29, 0.717) is 21.1 Å². The van der Waals surface area contributed by atoms with E-state index in [1.165, 1.54) is 16.2 Å². The molecule has 0 spiro atoms. The van der Waals surface area contributed by atoms with Gasteiger partial charge in [0.05, 0.1) is 17.0 Å². The van der Waals surface area contributed by atoms with Gasteiger partial charge in [-0.2, -0.15) is 0 Å². The van der Waals surface area contributed by atoms with Gasteiger partial charge >= 0.3 is 5.97 Å². The quantitative estimate of drug-likeness (QED) is 0.199. The average molecular weight is 582 g/mol. The van der Waals surface area contributed by atoms with Crippen molar-refractivity contribution in [2.45, 2.75) is 38.0 Å². The zero-order valence-corrected chi connectivity index (χ0v) is 24.2. The first kappa shape index (κ1) is 27.0. The van der Waals surface area contributed by atoms with Gasteiger partial charge in [-0.25, -0.2) is 9.78 Å². The normalized spacial score (nSPS) is 14.7. The largest absolute Gasteiger partial charge is 0.480 e. The van der Waals surface area contributed by atoms with Crippen molar-refractivity contribution in [3.05, 3.63) is 111 Å². The maximum atomic E-state index is 14.0. The minimum atomic E-state index is -1.03. The number of carboxylic acid groups (broad SMARTS) is 1. The Morgan fingerprint density at radius 1 is 1.00 bits per heavy atom. The number of hydrogen-bond acceptors (Lipinski definition) is 6. The summed E-state index contributed by atoms with van der Waals surface area (Å²) >= 11 is 2.56. The van der Waals surface area contributed by atoms with Crippen LogP contribution in [0.25, 0.3) is 26.3 Å². The van der Waals surface area contributed by atoms with Crippen LogP contribution in [0.15, 0.2) is 88.8 Å². The Kier molecular flexibility index (Phi) is 7.23. The summed E-state index contributed by atoms with van der Waals surface area (Å²) in [7, 11) is 0. The highest BCUT2D eigenvalue weighted by atomic mass is 32.2. The van der Waals surface area contributed by atoms with Gasteiger partial charge in [0.1, 0.15) is 10.7 Å². The second-order valence-electron chi connectivity index (χ2n) is 10.2. The molecule has 3 heterocycles. The Bertz CT molecular complexity index is 1860. The fourth-order valence-electron chi connectivity index (χ4n) is 5.19. The molecule has 0 saturated heterocycles. The Balaban J connectivity index is 1.40. The number of carboxylic acids is 1. The van der Waals surface area contributed by atoms with Crippen LogP contribution < -0.4 is 5.56 Å². The van der Waals surface area contributed by atoms with Gasteiger partial charge < -0.3 is 10.0 Å². The van der Waals surface area contributed by atoms with Crippen molar-refractivity contribution < 1.29 is 14.7 Å². The van der Waals surface area contributed by atoms with Crippen LogP contribution in [-0.4, -0.2) is 43.2 Å². The third-order valence-corrected chi connectivity index (χ3v) is 9.44. The lowest BCUT2D eigenvalue weighted by molar-refractivity contribution is -0.150. The Morgan fingerprint density at radius 2 is 1.73 bits per heavy atom. The van der Waals surface area contributed by atoms with Gasteiger partial charge in [0.15, 0.2) is 5.16 Å². The number of rotatable bonds is 6. The standard InChI is InChI=1S/C32H27N3O4S2/c1-19-12-13-20(2)25(14-19)35-30(37)29-24(16-27(41-29)21-8-4-3-5-9-21)33-32(35)40-18-28(36)34-17-23-11-7-6-10-22(23)15-26(34)31(38)39/h3-14,16,26H,15,17-18H2,1-2H3,(H,38,39)/t26-/m0/s1. The predicted octanol–water partition coefficient (Wildman–Crippen LogP) is 5.86. The molecule has 41 heavy (non-hydrogen) atoms. The van der Waals surface area contributed by atoms with Gasteiger partial charge in [0.2, 0.25) is 5.91 Å². The molecule has 7 nitrogen and oxygen atoms in total. The number of thiophene rings is 1. The van der Waals surface area contributed by atoms with E-state index in [0.717, 1.165) is 44.5 Å². The molecule has 9 heteroatoms. The van der Waals surface area contributed by atoms with Crippen molar-refractivity contribution in [2.24, 2.45) is 0 Å². The van der Waals surface area contributed by atoms with Gasteiger partial charge in [-0.15, -0.1) is 11.3 Å². The highest BCUT2D eigenvalue weighted by Crippen LogP contribution is 2.33. The summed E-state index contributed by atoms with van der Waals surface area (Å²) < 4.78 is 2.13. The molecule has 0 radical (unpaired) electrons. The number of aryl methyl sites for hydroxylation is 2. The molecular formula is C32H27N3O4S2. The summed E-state index contributed by atoms with van der Waals surface area (Å²) in [5.41, 5.74) is 5.89. The molecule has 0 saturated carbocycles. The second-order valence-corrected chi connectivity index (χ2v) is 12.1. The van der Waals surface area contributed by atoms with Crippen LogP contribution in [-0.2, 0) is 22.6 Å². The summed E-state index contributed by atoms with van der Waals surface area (Å²) in [6, 6.07) is 24.3. The summed E-state index contributed by atoms with van der Waals surface area (Å²) in [6.07, 6.45) is 0.260. The van der Waals surface area contributed by atoms with Crippen molar-refractivity contribution in [3.63, 3.8) is 0 Å². The third kappa shape index (κ3) is 5.18. The minimum absolute atomic E-state index is 0.0512. The van der Waals surface area contributed by atoms with E-state index in [1.54, 1.807) is 4.57 Å². The Morgan fingerprint density at radius 3 is 2.49 bits per heavy atom. The molecule has 206 valence electrons. The van der Waals surface area contributed by atoms with Crippen molar-refractivity contribution >= 4 is 45.2 Å². The van der Waals surface area contributed by atoms with Gasteiger partial charge in [0, 0.05) is 17.8 Å². The van der Waals surface area contributed by atoms with E-state index in [-0.39, 0.29) is 30.2 Å². The molecule has 0 bridgehead atoms. The third-order valence-electron chi connectivity index (χ3n) is 7.36. The lowest BCUT2D eigenvalue weighted by atomic mass is 9.94. The van der Waals surface area contributed by atoms with E-state index in [9.17, 15) is 19.5 Å². The number of hydrogen-bond donors (Lipinski definition) is 1. The highest BCUT2D eigenvalue weighted by molar-refractivity contribution is 7.99. The van der Waals surface area contributed by atoms with Crippen LogP contribution in [0.5, 0.6) is 0 Å². The summed E-state index contributed by atoms with van der Waals surface area (Å²) in [6.45, 7) is 4.14. The van der Waals surface area contributed by atoms with Gasteiger partial charge in [-0.05, 0) is 53.8 Å². The molecule has 5 aromatic rings. The molecule has 3 aromatic carbocycles. The number of carbonyl (C=O) groups is 2. The molecule has 0 fully saturated rings. The molecule has 2 aromatic heterocycles. The van der Waals surface area contributed by atoms with Crippen molar-refractivity contribution in [3.8, 4) is 16.1 Å². The smallest absolute Gasteiger partial charge is 0.326 e. The van der Waals surface area contributed by atoms with Crippen LogP contribution in [0.3, 0.4) is 0 Å². The van der Waals surface area contributed by atoms with E-state index < -0.39 is 12.0 Å². The molecular weight excluding hydrogens is 555 g/mol. The van der Waals surface area contributed by atoms with Gasteiger partial charge in [0.25, 0.3) is 5.56 Å². The molecule has 6 rings (SSSR count). The number of fused-ring (bicyclic) bond motifs is 2. The SMILES string of the molecule is Cc1ccc(C)c(-n2c(SCC(=O)N3Cc4ccccc4C[C@H]3C(=O)O)nc3cc(-c4ccccc4)sc3c2=O)c1. The van der Waals surface area contributed by atoms with Gasteiger partial charge in [-0.1, -0.05) is 78.5 Å². The maximum absolute atomic E-state index is 14.0. The number of aliphatic carboxylic acids is 1. The lowest BCUT2D eigenvalue weighted by Gasteiger charge is -2.34. The number of aromatic nitrogens is 2. The van der Waals surface area contributed by atoms with Gasteiger partial charge in [-0.3, -0.25) is 14.2 Å². The van der Waals surface area contributed by atoms with Crippen molar-refractivity contribution in [1.82, 2.24) is 14.5 Å². The van der Waals surface area contributed by atoms with E-state index >= 15 is 0 Å². The first-order chi connectivity index (χ1) is 19.8. The fourth-order valence-corrected chi connectivity index (χ4v) is 7.11. The Labute approximate surface area is 245 Å². The topological polar surface area (TPSA) is 92.5 Å². The summed E-state index contributed by atoms with van der Waals surface area (Å²) in [5.74, 6) is -1.39. The first-order valence-electron chi connectivity index (χ1n) is 13.2. The Hall–Kier alpha value is -4.21. The highest BCUT2D eigenvalue weighted by Gasteiger charge is 2.34. The van der Waals surface area contributed by atoms with Crippen molar-refractivity contribution in [2.75, 3.05) is 5.75 Å². The molecule has 0 unspecified atom stereocenters. The zero-order chi connectivity index (χ0) is 28.7. The molecule has 1 aliphatic heterocycles. The molecule has 1 N–H and O–H groups in total. The van der Waals surface area contributed by atoms with Crippen LogP contribution in [0.4, 0.5) is 0 Å². The molecule has 1 aliphatic rings. The molecule has 1 amide bonds. The molecule has 1 atom stereocenters. The van der Waals surface area contributed by atoms with E-state index in [4.69, 9.17) is 4.98 Å². The molecule has 0 aliphatic carbocycles. The second kappa shape index (κ2) is 11.0. The van der Waals surface area contributed by atoms with Crippen LogP contribution in [0.1, 0.15) is 22.3 Å². The van der Waals surface area contributed by atoms with Crippen LogP contribution in [0, 0.1) is 13.8 Å². The monoisotopic (exact) mass is 581 g/mol. The van der Waals surface area contributed by atoms with Crippen LogP contribution >= 0.6 is 23.1 Å². The summed E-state index contributed by atoms with van der Waals surface area (Å²) in [4.78, 5) is 46.9.